The van der Waals surface area contributed by atoms with Crippen molar-refractivity contribution in [3.05, 3.63) is 29.6 Å². The summed E-state index contributed by atoms with van der Waals surface area (Å²) in [5.41, 5.74) is 2.23. The number of halogens is 1. The van der Waals surface area contributed by atoms with Crippen LogP contribution in [-0.2, 0) is 6.42 Å². The summed E-state index contributed by atoms with van der Waals surface area (Å²) in [5.74, 6) is -0.168. The molecule has 1 nitrogen and oxygen atoms in total. The molecule has 1 aliphatic heterocycles. The van der Waals surface area contributed by atoms with Crippen molar-refractivity contribution >= 4 is 5.69 Å². The summed E-state index contributed by atoms with van der Waals surface area (Å²) >= 11 is 0. The Morgan fingerprint density at radius 1 is 1.42 bits per heavy atom. The minimum absolute atomic E-state index is 0.0795. The molecule has 2 heteroatoms. The lowest BCUT2D eigenvalue weighted by Crippen LogP contribution is -2.27. The summed E-state index contributed by atoms with van der Waals surface area (Å²) in [6.45, 7) is 4.23. The lowest BCUT2D eigenvalue weighted by molar-refractivity contribution is 0.594. The molecule has 0 aliphatic carbocycles. The van der Waals surface area contributed by atoms with Crippen LogP contribution < -0.4 is 5.32 Å². The second-order valence-corrected chi connectivity index (χ2v) is 3.99. The summed E-state index contributed by atoms with van der Waals surface area (Å²) in [4.78, 5) is 0. The molecule has 0 saturated carbocycles. The van der Waals surface area contributed by atoms with Crippen molar-refractivity contribution < 1.29 is 4.39 Å². The molecule has 64 valence electrons. The molecule has 0 unspecified atom stereocenters. The van der Waals surface area contributed by atoms with Crippen LogP contribution in [0.3, 0.4) is 0 Å². The van der Waals surface area contributed by atoms with E-state index in [0.29, 0.717) is 0 Å². The second-order valence-electron chi connectivity index (χ2n) is 3.99. The lowest BCUT2D eigenvalue weighted by Gasteiger charge is -2.17. The predicted octanol–water partition coefficient (Wildman–Crippen LogP) is 2.57. The Kier molecular flexibility index (Phi) is 1.40. The van der Waals surface area contributed by atoms with Crippen LogP contribution in [0.1, 0.15) is 19.4 Å². The van der Waals surface area contributed by atoms with E-state index < -0.39 is 0 Å². The van der Waals surface area contributed by atoms with Gasteiger partial charge in [0, 0.05) is 11.2 Å². The number of hydrogen-bond donors (Lipinski definition) is 1. The van der Waals surface area contributed by atoms with E-state index in [2.05, 4.69) is 19.2 Å². The van der Waals surface area contributed by atoms with Gasteiger partial charge in [-0.2, -0.15) is 0 Å². The van der Waals surface area contributed by atoms with Crippen LogP contribution in [0.2, 0.25) is 0 Å². The molecule has 0 atom stereocenters. The molecule has 0 saturated heterocycles. The van der Waals surface area contributed by atoms with E-state index in [1.54, 1.807) is 6.07 Å². The third kappa shape index (κ3) is 1.17. The molecule has 1 aromatic carbocycles. The molecule has 0 amide bonds. The molecule has 1 N–H and O–H groups in total. The van der Waals surface area contributed by atoms with Crippen molar-refractivity contribution in [2.75, 3.05) is 5.32 Å². The highest BCUT2D eigenvalue weighted by Crippen LogP contribution is 2.32. The van der Waals surface area contributed by atoms with Crippen LogP contribution in [0, 0.1) is 5.82 Å². The fourth-order valence-corrected chi connectivity index (χ4v) is 1.70. The zero-order chi connectivity index (χ0) is 8.77. The quantitative estimate of drug-likeness (QED) is 0.623. The highest BCUT2D eigenvalue weighted by molar-refractivity contribution is 5.58. The fraction of sp³-hybridized carbons (Fsp3) is 0.400. The third-order valence-corrected chi connectivity index (χ3v) is 2.18. The first-order valence-corrected chi connectivity index (χ1v) is 4.13. The number of rotatable bonds is 0. The van der Waals surface area contributed by atoms with Crippen molar-refractivity contribution in [1.29, 1.82) is 0 Å². The molecule has 0 aromatic heterocycles. The van der Waals surface area contributed by atoms with Crippen molar-refractivity contribution in [3.8, 4) is 0 Å². The normalized spacial score (nSPS) is 18.6. The largest absolute Gasteiger partial charge is 0.380 e. The average Bonchev–Trinajstić information content (AvgIpc) is 2.21. The summed E-state index contributed by atoms with van der Waals surface area (Å²) in [6.07, 6.45) is 0.975. The van der Waals surface area contributed by atoms with Gasteiger partial charge in [-0.05, 0) is 38.0 Å². The summed E-state index contributed by atoms with van der Waals surface area (Å²) < 4.78 is 12.8. The van der Waals surface area contributed by atoms with Crippen LogP contribution in [-0.4, -0.2) is 5.54 Å². The van der Waals surface area contributed by atoms with Crippen molar-refractivity contribution in [2.24, 2.45) is 0 Å². The minimum Gasteiger partial charge on any atom is -0.380 e. The van der Waals surface area contributed by atoms with Gasteiger partial charge in [-0.3, -0.25) is 0 Å². The first kappa shape index (κ1) is 7.59. The monoisotopic (exact) mass is 165 g/mol. The van der Waals surface area contributed by atoms with Gasteiger partial charge >= 0.3 is 0 Å². The van der Waals surface area contributed by atoms with Gasteiger partial charge < -0.3 is 5.32 Å². The summed E-state index contributed by atoms with van der Waals surface area (Å²) in [7, 11) is 0. The Hall–Kier alpha value is -1.05. The van der Waals surface area contributed by atoms with Crippen LogP contribution >= 0.6 is 0 Å². The van der Waals surface area contributed by atoms with Gasteiger partial charge in [-0.25, -0.2) is 4.39 Å². The van der Waals surface area contributed by atoms with E-state index in [-0.39, 0.29) is 11.4 Å². The van der Waals surface area contributed by atoms with E-state index in [1.807, 2.05) is 6.07 Å². The SMILES string of the molecule is CC1(C)Cc2ccc(F)cc2N1. The van der Waals surface area contributed by atoms with Crippen LogP contribution in [0.15, 0.2) is 18.2 Å². The van der Waals surface area contributed by atoms with Gasteiger partial charge in [-0.1, -0.05) is 6.07 Å². The van der Waals surface area contributed by atoms with Crippen molar-refractivity contribution in [3.63, 3.8) is 0 Å². The van der Waals surface area contributed by atoms with Crippen LogP contribution in [0.25, 0.3) is 0 Å². The maximum Gasteiger partial charge on any atom is 0.125 e. The Morgan fingerprint density at radius 3 is 2.92 bits per heavy atom. The Morgan fingerprint density at radius 2 is 2.17 bits per heavy atom. The Balaban J connectivity index is 2.43. The van der Waals surface area contributed by atoms with Gasteiger partial charge in [0.05, 0.1) is 0 Å². The van der Waals surface area contributed by atoms with Gasteiger partial charge in [0.2, 0.25) is 0 Å². The maximum absolute atomic E-state index is 12.8. The van der Waals surface area contributed by atoms with Crippen LogP contribution in [0.5, 0.6) is 0 Å². The zero-order valence-corrected chi connectivity index (χ0v) is 7.32. The first-order chi connectivity index (χ1) is 5.57. The van der Waals surface area contributed by atoms with E-state index in [0.717, 1.165) is 12.1 Å². The molecule has 2 rings (SSSR count). The molecule has 0 bridgehead atoms. The second kappa shape index (κ2) is 2.22. The average molecular weight is 165 g/mol. The van der Waals surface area contributed by atoms with Gasteiger partial charge in [0.15, 0.2) is 0 Å². The first-order valence-electron chi connectivity index (χ1n) is 4.13. The number of benzene rings is 1. The fourth-order valence-electron chi connectivity index (χ4n) is 1.70. The molecular weight excluding hydrogens is 153 g/mol. The van der Waals surface area contributed by atoms with E-state index in [1.165, 1.54) is 11.6 Å². The van der Waals surface area contributed by atoms with E-state index >= 15 is 0 Å². The molecule has 1 aromatic rings. The molecule has 0 spiro atoms. The number of hydrogen-bond acceptors (Lipinski definition) is 1. The summed E-state index contributed by atoms with van der Waals surface area (Å²) in [6, 6.07) is 4.93. The zero-order valence-electron chi connectivity index (χ0n) is 7.32. The molecule has 0 radical (unpaired) electrons. The standard InChI is InChI=1S/C10H12FN/c1-10(2)6-7-3-4-8(11)5-9(7)12-10/h3-5,12H,6H2,1-2H3. The van der Waals surface area contributed by atoms with Gasteiger partial charge in [0.25, 0.3) is 0 Å². The molecule has 12 heavy (non-hydrogen) atoms. The van der Waals surface area contributed by atoms with Crippen molar-refractivity contribution in [1.82, 2.24) is 0 Å². The molecule has 0 fully saturated rings. The molecule has 1 aliphatic rings. The number of nitrogens with one attached hydrogen (secondary N) is 1. The predicted molar refractivity (Wildman–Crippen MR) is 47.8 cm³/mol. The Labute approximate surface area is 71.6 Å². The van der Waals surface area contributed by atoms with E-state index in [9.17, 15) is 4.39 Å². The van der Waals surface area contributed by atoms with E-state index in [4.69, 9.17) is 0 Å². The van der Waals surface area contributed by atoms with Gasteiger partial charge in [-0.15, -0.1) is 0 Å². The number of anilines is 1. The highest BCUT2D eigenvalue weighted by atomic mass is 19.1. The maximum atomic E-state index is 12.8. The smallest absolute Gasteiger partial charge is 0.125 e. The van der Waals surface area contributed by atoms with Crippen LogP contribution in [0.4, 0.5) is 10.1 Å². The minimum atomic E-state index is -0.168. The highest BCUT2D eigenvalue weighted by Gasteiger charge is 2.26. The molecular formula is C10H12FN. The summed E-state index contributed by atoms with van der Waals surface area (Å²) in [5, 5.41) is 3.27. The lowest BCUT2D eigenvalue weighted by atomic mass is 10.0. The number of fused-ring (bicyclic) bond motifs is 1. The topological polar surface area (TPSA) is 12.0 Å². The molecule has 1 heterocycles. The van der Waals surface area contributed by atoms with Crippen molar-refractivity contribution in [2.45, 2.75) is 25.8 Å². The third-order valence-electron chi connectivity index (χ3n) is 2.18. The van der Waals surface area contributed by atoms with Gasteiger partial charge in [0.1, 0.15) is 5.82 Å². The Bertz CT molecular complexity index is 318.